The van der Waals surface area contributed by atoms with E-state index in [1.807, 2.05) is 24.5 Å². The number of ether oxygens (including phenoxy) is 3. The summed E-state index contributed by atoms with van der Waals surface area (Å²) in [5.74, 6) is -0.0897. The Kier molecular flexibility index (Phi) is 4.84. The van der Waals surface area contributed by atoms with Crippen molar-refractivity contribution in [3.05, 3.63) is 33.5 Å². The Morgan fingerprint density at radius 1 is 1.24 bits per heavy atom. The van der Waals surface area contributed by atoms with Gasteiger partial charge in [0, 0.05) is 4.88 Å². The van der Waals surface area contributed by atoms with Gasteiger partial charge in [-0.05, 0) is 41.9 Å². The van der Waals surface area contributed by atoms with Crippen LogP contribution in [0.1, 0.15) is 25.0 Å². The Bertz CT molecular complexity index is 1040. The largest absolute Gasteiger partial charge is 0.394 e. The number of aromatic nitrogens is 4. The zero-order valence-corrected chi connectivity index (χ0v) is 18.2. The summed E-state index contributed by atoms with van der Waals surface area (Å²) < 4.78 is 20.9. The summed E-state index contributed by atoms with van der Waals surface area (Å²) in [6, 6.07) is 4.07. The van der Waals surface area contributed by atoms with Gasteiger partial charge in [-0.3, -0.25) is 4.57 Å². The Morgan fingerprint density at radius 2 is 2.07 bits per heavy atom. The number of aliphatic hydroxyl groups is 1. The summed E-state index contributed by atoms with van der Waals surface area (Å²) in [5, 5.41) is 13.0. The molecule has 0 bridgehead atoms. The second kappa shape index (κ2) is 7.25. The van der Waals surface area contributed by atoms with Crippen LogP contribution in [0, 0.1) is 0 Å². The molecule has 154 valence electrons. The van der Waals surface area contributed by atoms with Crippen molar-refractivity contribution in [1.82, 2.24) is 19.5 Å². The van der Waals surface area contributed by atoms with E-state index in [-0.39, 0.29) is 18.8 Å². The standard InChI is InChI=1S/C18H20BrN5O4S/c1-18(2)27-13-10(6-25)26-17(14(13)28-18)24-8-23-12-15(21-7-22-16(12)24)20-5-9-3-4-11(19)29-9/h3-4,7-8,10,13-14,17,25H,5-6H2,1-2H3,(H,20,21,22). The first-order valence-corrected chi connectivity index (χ1v) is 10.8. The number of nitrogens with one attached hydrogen (secondary N) is 1. The highest BCUT2D eigenvalue weighted by Crippen LogP contribution is 2.43. The Morgan fingerprint density at radius 3 is 2.83 bits per heavy atom. The highest BCUT2D eigenvalue weighted by Gasteiger charge is 2.55. The molecule has 3 aromatic heterocycles. The summed E-state index contributed by atoms with van der Waals surface area (Å²) in [7, 11) is 0. The molecule has 4 atom stereocenters. The second-order valence-corrected chi connectivity index (χ2v) is 9.97. The average molecular weight is 482 g/mol. The number of aliphatic hydroxyl groups excluding tert-OH is 1. The zero-order chi connectivity index (χ0) is 20.2. The third kappa shape index (κ3) is 3.45. The number of fused-ring (bicyclic) bond motifs is 2. The van der Waals surface area contributed by atoms with E-state index in [9.17, 15) is 5.11 Å². The first-order chi connectivity index (χ1) is 13.9. The van der Waals surface area contributed by atoms with Gasteiger partial charge in [0.15, 0.2) is 29.0 Å². The van der Waals surface area contributed by atoms with Gasteiger partial charge in [-0.25, -0.2) is 15.0 Å². The number of thiophene rings is 1. The number of halogens is 1. The van der Waals surface area contributed by atoms with E-state index in [2.05, 4.69) is 42.3 Å². The lowest BCUT2D eigenvalue weighted by atomic mass is 10.1. The monoisotopic (exact) mass is 481 g/mol. The molecular weight excluding hydrogens is 462 g/mol. The molecule has 0 radical (unpaired) electrons. The summed E-state index contributed by atoms with van der Waals surface area (Å²) in [4.78, 5) is 14.4. The van der Waals surface area contributed by atoms with Crippen LogP contribution in [0.15, 0.2) is 28.6 Å². The fourth-order valence-electron chi connectivity index (χ4n) is 3.82. The molecule has 5 heterocycles. The van der Waals surface area contributed by atoms with Gasteiger partial charge in [0.25, 0.3) is 0 Å². The normalized spacial score (nSPS) is 28.1. The van der Waals surface area contributed by atoms with E-state index in [1.54, 1.807) is 17.7 Å². The first-order valence-electron chi connectivity index (χ1n) is 9.23. The van der Waals surface area contributed by atoms with Crippen LogP contribution in [0.4, 0.5) is 5.82 Å². The molecule has 0 saturated carbocycles. The quantitative estimate of drug-likeness (QED) is 0.572. The molecule has 29 heavy (non-hydrogen) atoms. The molecule has 2 aliphatic rings. The van der Waals surface area contributed by atoms with Crippen molar-refractivity contribution >= 4 is 44.2 Å². The lowest BCUT2D eigenvalue weighted by Crippen LogP contribution is -2.31. The average Bonchev–Trinajstić information content (AvgIpc) is 3.42. The van der Waals surface area contributed by atoms with E-state index in [1.165, 1.54) is 11.2 Å². The lowest BCUT2D eigenvalue weighted by Gasteiger charge is -2.24. The molecule has 5 rings (SSSR count). The number of hydrogen-bond acceptors (Lipinski definition) is 9. The van der Waals surface area contributed by atoms with Gasteiger partial charge in [0.2, 0.25) is 0 Å². The zero-order valence-electron chi connectivity index (χ0n) is 15.8. The third-order valence-electron chi connectivity index (χ3n) is 5.00. The number of anilines is 1. The number of rotatable bonds is 5. The van der Waals surface area contributed by atoms with Crippen molar-refractivity contribution in [2.24, 2.45) is 0 Å². The highest BCUT2D eigenvalue weighted by atomic mass is 79.9. The van der Waals surface area contributed by atoms with Gasteiger partial charge in [-0.2, -0.15) is 0 Å². The maximum Gasteiger partial charge on any atom is 0.167 e. The van der Waals surface area contributed by atoms with E-state index in [0.29, 0.717) is 23.5 Å². The molecule has 0 aromatic carbocycles. The SMILES string of the molecule is CC1(C)OC2C(CO)OC(n3cnc4c(NCc5ccc(Br)s5)ncnc43)C2O1. The van der Waals surface area contributed by atoms with Gasteiger partial charge < -0.3 is 24.6 Å². The van der Waals surface area contributed by atoms with Gasteiger partial charge in [-0.1, -0.05) is 0 Å². The van der Waals surface area contributed by atoms with Crippen molar-refractivity contribution < 1.29 is 19.3 Å². The maximum atomic E-state index is 9.71. The number of hydrogen-bond donors (Lipinski definition) is 2. The molecule has 0 spiro atoms. The van der Waals surface area contributed by atoms with E-state index in [0.717, 1.165) is 3.79 Å². The van der Waals surface area contributed by atoms with E-state index >= 15 is 0 Å². The molecule has 2 fully saturated rings. The van der Waals surface area contributed by atoms with Crippen LogP contribution in [0.3, 0.4) is 0 Å². The molecule has 2 aliphatic heterocycles. The van der Waals surface area contributed by atoms with Crippen LogP contribution < -0.4 is 5.32 Å². The fourth-order valence-corrected chi connectivity index (χ4v) is 5.24. The molecule has 11 heteroatoms. The van der Waals surface area contributed by atoms with Gasteiger partial charge >= 0.3 is 0 Å². The van der Waals surface area contributed by atoms with Crippen molar-refractivity contribution in [2.45, 2.75) is 50.7 Å². The minimum atomic E-state index is -0.738. The molecular formula is C18H20BrN5O4S. The van der Waals surface area contributed by atoms with Gasteiger partial charge in [0.05, 0.1) is 23.3 Å². The summed E-state index contributed by atoms with van der Waals surface area (Å²) in [6.07, 6.45) is 1.48. The van der Waals surface area contributed by atoms with Crippen LogP contribution >= 0.6 is 27.3 Å². The van der Waals surface area contributed by atoms with Crippen molar-refractivity contribution in [1.29, 1.82) is 0 Å². The third-order valence-corrected chi connectivity index (χ3v) is 6.62. The molecule has 3 aromatic rings. The summed E-state index contributed by atoms with van der Waals surface area (Å²) in [6.45, 7) is 4.20. The maximum absolute atomic E-state index is 9.71. The first kappa shape index (κ1) is 19.3. The van der Waals surface area contributed by atoms with Crippen LogP contribution in [0.25, 0.3) is 11.2 Å². The predicted molar refractivity (Wildman–Crippen MR) is 109 cm³/mol. The molecule has 2 N–H and O–H groups in total. The molecule has 4 unspecified atom stereocenters. The predicted octanol–water partition coefficient (Wildman–Crippen LogP) is 2.67. The Balaban J connectivity index is 1.44. The van der Waals surface area contributed by atoms with Crippen LogP contribution in [-0.4, -0.2) is 55.3 Å². The molecule has 2 saturated heterocycles. The van der Waals surface area contributed by atoms with E-state index < -0.39 is 18.1 Å². The van der Waals surface area contributed by atoms with Crippen molar-refractivity contribution in [2.75, 3.05) is 11.9 Å². The fraction of sp³-hybridized carbons (Fsp3) is 0.500. The molecule has 9 nitrogen and oxygen atoms in total. The van der Waals surface area contributed by atoms with Crippen LogP contribution in [0.5, 0.6) is 0 Å². The topological polar surface area (TPSA) is 104 Å². The number of nitrogens with zero attached hydrogens (tertiary/aromatic N) is 4. The molecule has 0 amide bonds. The van der Waals surface area contributed by atoms with Gasteiger partial charge in [0.1, 0.15) is 24.6 Å². The Hall–Kier alpha value is -1.63. The highest BCUT2D eigenvalue weighted by molar-refractivity contribution is 9.11. The van der Waals surface area contributed by atoms with Crippen LogP contribution in [0.2, 0.25) is 0 Å². The van der Waals surface area contributed by atoms with E-state index in [4.69, 9.17) is 14.2 Å². The second-order valence-electron chi connectivity index (χ2n) is 7.42. The Labute approximate surface area is 179 Å². The summed E-state index contributed by atoms with van der Waals surface area (Å²) in [5.41, 5.74) is 1.28. The molecule has 0 aliphatic carbocycles. The van der Waals surface area contributed by atoms with Crippen molar-refractivity contribution in [3.63, 3.8) is 0 Å². The smallest absolute Gasteiger partial charge is 0.167 e. The number of imidazole rings is 1. The lowest BCUT2D eigenvalue weighted by molar-refractivity contribution is -0.199. The minimum absolute atomic E-state index is 0.151. The van der Waals surface area contributed by atoms with Crippen molar-refractivity contribution in [3.8, 4) is 0 Å². The van der Waals surface area contributed by atoms with Crippen LogP contribution in [-0.2, 0) is 20.8 Å². The minimum Gasteiger partial charge on any atom is -0.394 e. The van der Waals surface area contributed by atoms with Gasteiger partial charge in [-0.15, -0.1) is 11.3 Å². The summed E-state index contributed by atoms with van der Waals surface area (Å²) >= 11 is 5.14.